The Labute approximate surface area is 207 Å². The van der Waals surface area contributed by atoms with Gasteiger partial charge in [0.15, 0.2) is 5.13 Å². The zero-order valence-corrected chi connectivity index (χ0v) is 21.2. The van der Waals surface area contributed by atoms with E-state index in [1.165, 1.54) is 24.5 Å². The van der Waals surface area contributed by atoms with Crippen molar-refractivity contribution < 1.29 is 22.3 Å². The maximum absolute atomic E-state index is 14.9. The van der Waals surface area contributed by atoms with Gasteiger partial charge in [-0.1, -0.05) is 6.07 Å². The first-order chi connectivity index (χ1) is 16.6. The van der Waals surface area contributed by atoms with E-state index in [0.29, 0.717) is 29.4 Å². The molecule has 9 nitrogen and oxygen atoms in total. The monoisotopic (exact) mass is 519 g/mol. The fraction of sp³-hybridized carbons (Fsp3) is 0.391. The first-order valence-electron chi connectivity index (χ1n) is 11.1. The van der Waals surface area contributed by atoms with E-state index in [9.17, 15) is 17.6 Å². The van der Waals surface area contributed by atoms with Gasteiger partial charge in [0, 0.05) is 10.9 Å². The Morgan fingerprint density at radius 2 is 2.03 bits per heavy atom. The van der Waals surface area contributed by atoms with Crippen LogP contribution in [0.1, 0.15) is 39.3 Å². The summed E-state index contributed by atoms with van der Waals surface area (Å²) in [5.74, 6) is -0.511. The third-order valence-corrected chi connectivity index (χ3v) is 7.83. The number of nitrogens with one attached hydrogen (secondary N) is 2. The van der Waals surface area contributed by atoms with Crippen molar-refractivity contribution in [2.45, 2.75) is 39.0 Å². The molecule has 1 amide bonds. The second-order valence-electron chi connectivity index (χ2n) is 8.81. The molecular weight excluding hydrogens is 493 g/mol. The summed E-state index contributed by atoms with van der Waals surface area (Å²) in [5, 5.41) is 4.43. The molecule has 1 fully saturated rings. The molecule has 0 unspecified atom stereocenters. The Bertz CT molecular complexity index is 1340. The van der Waals surface area contributed by atoms with Gasteiger partial charge in [0.1, 0.15) is 5.82 Å². The number of nitrogens with zero attached hydrogens (tertiary/aromatic N) is 3. The standard InChI is InChI=1S/C23H26FN5O4S2/c1-4-33-20-11-25-10-18(26-20)15-7-8-17(16(24)9-15)27-21(30)23(2,3)19-12-34-22(28-19)29-35(31,32)13-14-5-6-14/h7-12,14H,4-6,13H2,1-3H3,(H,27,30)(H,28,29). The number of ether oxygens (including phenoxy) is 1. The van der Waals surface area contributed by atoms with Gasteiger partial charge >= 0.3 is 0 Å². The van der Waals surface area contributed by atoms with Crippen LogP contribution in [0.2, 0.25) is 0 Å². The number of carbonyl (C=O) groups excluding carboxylic acids is 1. The lowest BCUT2D eigenvalue weighted by molar-refractivity contribution is -0.120. The molecule has 1 saturated carbocycles. The number of amides is 1. The van der Waals surface area contributed by atoms with Gasteiger partial charge in [-0.05, 0) is 51.7 Å². The molecule has 1 aromatic carbocycles. The summed E-state index contributed by atoms with van der Waals surface area (Å²) in [7, 11) is -3.48. The van der Waals surface area contributed by atoms with E-state index in [-0.39, 0.29) is 22.5 Å². The summed E-state index contributed by atoms with van der Waals surface area (Å²) < 4.78 is 47.1. The minimum Gasteiger partial charge on any atom is -0.477 e. The van der Waals surface area contributed by atoms with Crippen molar-refractivity contribution >= 4 is 38.1 Å². The molecule has 35 heavy (non-hydrogen) atoms. The first-order valence-corrected chi connectivity index (χ1v) is 13.6. The van der Waals surface area contributed by atoms with Gasteiger partial charge < -0.3 is 10.1 Å². The Morgan fingerprint density at radius 3 is 2.71 bits per heavy atom. The zero-order valence-electron chi connectivity index (χ0n) is 19.5. The Hall–Kier alpha value is -3.12. The van der Waals surface area contributed by atoms with Crippen LogP contribution in [0, 0.1) is 11.7 Å². The zero-order chi connectivity index (χ0) is 25.2. The van der Waals surface area contributed by atoms with Crippen molar-refractivity contribution in [1.82, 2.24) is 15.0 Å². The van der Waals surface area contributed by atoms with E-state index in [0.717, 1.165) is 24.2 Å². The van der Waals surface area contributed by atoms with Crippen molar-refractivity contribution in [3.05, 3.63) is 47.5 Å². The minimum atomic E-state index is -3.48. The molecule has 0 aliphatic heterocycles. The molecule has 2 heterocycles. The van der Waals surface area contributed by atoms with Crippen LogP contribution >= 0.6 is 11.3 Å². The van der Waals surface area contributed by atoms with E-state index < -0.39 is 27.2 Å². The number of aromatic nitrogens is 3. The van der Waals surface area contributed by atoms with E-state index in [4.69, 9.17) is 4.74 Å². The van der Waals surface area contributed by atoms with Gasteiger partial charge in [0.25, 0.3) is 0 Å². The third kappa shape index (κ3) is 6.12. The van der Waals surface area contributed by atoms with Crippen LogP contribution in [0.3, 0.4) is 0 Å². The number of hydrogen-bond acceptors (Lipinski definition) is 8. The maximum atomic E-state index is 14.9. The number of carbonyl (C=O) groups is 1. The van der Waals surface area contributed by atoms with Gasteiger partial charge in [0.05, 0.1) is 47.2 Å². The largest absolute Gasteiger partial charge is 0.477 e. The Balaban J connectivity index is 1.46. The van der Waals surface area contributed by atoms with E-state index in [1.807, 2.05) is 6.92 Å². The average Bonchev–Trinajstić information content (AvgIpc) is 3.47. The molecular formula is C23H26FN5O4S2. The summed E-state index contributed by atoms with van der Waals surface area (Å²) in [6.07, 6.45) is 4.81. The van der Waals surface area contributed by atoms with Crippen LogP contribution in [0.15, 0.2) is 36.0 Å². The topological polar surface area (TPSA) is 123 Å². The molecule has 2 N–H and O–H groups in total. The fourth-order valence-corrected chi connectivity index (χ4v) is 5.90. The molecule has 4 rings (SSSR count). The van der Waals surface area contributed by atoms with Crippen LogP contribution in [0.5, 0.6) is 5.88 Å². The molecule has 186 valence electrons. The minimum absolute atomic E-state index is 0.00124. The summed E-state index contributed by atoms with van der Waals surface area (Å²) in [4.78, 5) is 25.7. The molecule has 0 atom stereocenters. The van der Waals surface area contributed by atoms with Crippen molar-refractivity contribution in [2.75, 3.05) is 22.4 Å². The molecule has 0 bridgehead atoms. The van der Waals surface area contributed by atoms with Crippen LogP contribution in [0.25, 0.3) is 11.3 Å². The normalized spacial score (nSPS) is 13.9. The quantitative estimate of drug-likeness (QED) is 0.411. The number of sulfonamides is 1. The molecule has 1 aliphatic rings. The van der Waals surface area contributed by atoms with Crippen molar-refractivity contribution in [2.24, 2.45) is 5.92 Å². The van der Waals surface area contributed by atoms with Gasteiger partial charge in [-0.25, -0.2) is 22.8 Å². The molecule has 0 spiro atoms. The SMILES string of the molecule is CCOc1cncc(-c2ccc(NC(=O)C(C)(C)c3csc(NS(=O)(=O)CC4CC4)n3)c(F)c2)n1. The lowest BCUT2D eigenvalue weighted by Crippen LogP contribution is -2.35. The predicted molar refractivity (Wildman–Crippen MR) is 132 cm³/mol. The summed E-state index contributed by atoms with van der Waals surface area (Å²) >= 11 is 1.10. The molecule has 3 aromatic rings. The highest BCUT2D eigenvalue weighted by Gasteiger charge is 2.34. The number of benzene rings is 1. The number of thiazole rings is 1. The molecule has 12 heteroatoms. The smallest absolute Gasteiger partial charge is 0.236 e. The lowest BCUT2D eigenvalue weighted by Gasteiger charge is -2.22. The number of hydrogen-bond donors (Lipinski definition) is 2. The Kier molecular flexibility index (Phi) is 7.04. The average molecular weight is 520 g/mol. The number of halogens is 1. The van der Waals surface area contributed by atoms with Gasteiger partial charge in [-0.15, -0.1) is 11.3 Å². The number of anilines is 2. The highest BCUT2D eigenvalue weighted by atomic mass is 32.2. The fourth-order valence-electron chi connectivity index (χ4n) is 3.25. The van der Waals surface area contributed by atoms with Crippen molar-refractivity contribution in [1.29, 1.82) is 0 Å². The number of rotatable bonds is 10. The second-order valence-corrected chi connectivity index (χ2v) is 11.4. The highest BCUT2D eigenvalue weighted by molar-refractivity contribution is 7.92. The summed E-state index contributed by atoms with van der Waals surface area (Å²) in [6.45, 7) is 5.54. The van der Waals surface area contributed by atoms with Crippen molar-refractivity contribution in [3.63, 3.8) is 0 Å². The lowest BCUT2D eigenvalue weighted by atomic mass is 9.89. The van der Waals surface area contributed by atoms with Crippen LogP contribution < -0.4 is 14.8 Å². The summed E-state index contributed by atoms with van der Waals surface area (Å²) in [6, 6.07) is 4.34. The van der Waals surface area contributed by atoms with E-state index >= 15 is 0 Å². The summed E-state index contributed by atoms with van der Waals surface area (Å²) in [5.41, 5.74) is 0.160. The van der Waals surface area contributed by atoms with Gasteiger partial charge in [-0.3, -0.25) is 14.5 Å². The van der Waals surface area contributed by atoms with Gasteiger partial charge in [-0.2, -0.15) is 0 Å². The molecule has 1 aliphatic carbocycles. The molecule has 0 saturated heterocycles. The van der Waals surface area contributed by atoms with E-state index in [2.05, 4.69) is 25.0 Å². The molecule has 0 radical (unpaired) electrons. The predicted octanol–water partition coefficient (Wildman–Crippen LogP) is 4.21. The van der Waals surface area contributed by atoms with E-state index in [1.54, 1.807) is 25.3 Å². The highest BCUT2D eigenvalue weighted by Crippen LogP contribution is 2.33. The second kappa shape index (κ2) is 9.86. The van der Waals surface area contributed by atoms with Crippen LogP contribution in [0.4, 0.5) is 15.2 Å². The van der Waals surface area contributed by atoms with Crippen molar-refractivity contribution in [3.8, 4) is 17.1 Å². The van der Waals surface area contributed by atoms with Gasteiger partial charge in [0.2, 0.25) is 21.8 Å². The first kappa shape index (κ1) is 25.0. The maximum Gasteiger partial charge on any atom is 0.236 e. The van der Waals surface area contributed by atoms with Crippen LogP contribution in [-0.4, -0.2) is 41.6 Å². The molecule has 2 aromatic heterocycles. The van der Waals surface area contributed by atoms with Crippen LogP contribution in [-0.2, 0) is 20.2 Å². The third-order valence-electron chi connectivity index (χ3n) is 5.52. The Morgan fingerprint density at radius 1 is 1.26 bits per heavy atom.